The molecular weight excluding hydrogens is 389 g/mol. The van der Waals surface area contributed by atoms with Gasteiger partial charge in [-0.3, -0.25) is 4.98 Å². The van der Waals surface area contributed by atoms with E-state index in [2.05, 4.69) is 4.98 Å². The van der Waals surface area contributed by atoms with Crippen molar-refractivity contribution >= 4 is 34.9 Å². The number of benzene rings is 2. The van der Waals surface area contributed by atoms with E-state index >= 15 is 0 Å². The lowest BCUT2D eigenvalue weighted by atomic mass is 9.45. The van der Waals surface area contributed by atoms with Crippen LogP contribution in [0.3, 0.4) is 0 Å². The lowest BCUT2D eigenvalue weighted by Gasteiger charge is -2.38. The Bertz CT molecular complexity index is 1650. The summed E-state index contributed by atoms with van der Waals surface area (Å²) in [5.74, 6) is -6.49. The summed E-state index contributed by atoms with van der Waals surface area (Å²) < 4.78 is 118. The average molecular weight is 431 g/mol. The molecule has 0 amide bonds. The Hall–Kier alpha value is -3.40. The van der Waals surface area contributed by atoms with Gasteiger partial charge in [-0.1, -0.05) is 69.9 Å². The maximum atomic E-state index is 9.17. The Morgan fingerprint density at radius 1 is 0.906 bits per heavy atom. The van der Waals surface area contributed by atoms with Crippen molar-refractivity contribution in [2.24, 2.45) is 4.99 Å². The van der Waals surface area contributed by atoms with E-state index < -0.39 is 62.6 Å². The maximum absolute atomic E-state index is 9.17. The second kappa shape index (κ2) is 8.27. The van der Waals surface area contributed by atoms with Gasteiger partial charge in [0.15, 0.2) is 0 Å². The van der Waals surface area contributed by atoms with Crippen LogP contribution in [0.2, 0.25) is 0 Å². The van der Waals surface area contributed by atoms with E-state index in [1.165, 1.54) is 4.81 Å². The standard InChI is InChI=1S/C28H28BN3/c1-19(2)21-11-9-12-22(20(3)4)27(21)29-24-14-5-6-16-26(24)31-28-23(13-10-18-32(28)29)25-15-7-8-17-30-25/h5-20H,1-4H3/i1D3,2D3,3D3,4D3,19D,20D. The lowest BCUT2D eigenvalue weighted by Crippen LogP contribution is -2.60. The van der Waals surface area contributed by atoms with Gasteiger partial charge in [0.25, 0.3) is 0 Å². The fourth-order valence-corrected chi connectivity index (χ4v) is 4.24. The summed E-state index contributed by atoms with van der Waals surface area (Å²) in [6.45, 7) is -15.4. The third-order valence-electron chi connectivity index (χ3n) is 5.59. The molecule has 0 fully saturated rings. The maximum Gasteiger partial charge on any atom is 0.331 e. The number of aromatic nitrogens is 1. The van der Waals surface area contributed by atoms with E-state index in [1.807, 2.05) is 0 Å². The summed E-state index contributed by atoms with van der Waals surface area (Å²) in [4.78, 5) is 10.8. The Balaban J connectivity index is 1.96. The fourth-order valence-electron chi connectivity index (χ4n) is 4.24. The van der Waals surface area contributed by atoms with Crippen molar-refractivity contribution in [3.63, 3.8) is 0 Å². The highest BCUT2D eigenvalue weighted by Crippen LogP contribution is 2.30. The molecule has 0 saturated carbocycles. The first-order valence-electron chi connectivity index (χ1n) is 17.1. The number of hydrogen-bond acceptors (Lipinski definition) is 3. The van der Waals surface area contributed by atoms with Crippen molar-refractivity contribution in [3.8, 4) is 0 Å². The molecule has 0 N–H and O–H groups in total. The SMILES string of the molecule is [2H]C([2H])([2H])C([2H])(c1cccc(C([2H])(C([2H])([2H])[2H])C([2H])([2H])[2H])c1B1c2ccccc2N=C2C(c3ccccn3)=CC=CN12)C([2H])([2H])[2H]. The predicted octanol–water partition coefficient (Wildman–Crippen LogP) is 5.39. The third kappa shape index (κ3) is 3.40. The molecule has 3 nitrogen and oxygen atoms in total. The summed E-state index contributed by atoms with van der Waals surface area (Å²) in [6.07, 6.45) is 6.49. The van der Waals surface area contributed by atoms with Crippen LogP contribution in [-0.4, -0.2) is 22.5 Å². The summed E-state index contributed by atoms with van der Waals surface area (Å²) in [6, 6.07) is 15.1. The van der Waals surface area contributed by atoms with Crippen molar-refractivity contribution in [2.75, 3.05) is 0 Å². The molecule has 0 unspecified atom stereocenters. The Labute approximate surface area is 211 Å². The highest BCUT2D eigenvalue weighted by Gasteiger charge is 2.39. The van der Waals surface area contributed by atoms with Crippen LogP contribution in [0.15, 0.2) is 90.2 Å². The van der Waals surface area contributed by atoms with Crippen LogP contribution < -0.4 is 10.9 Å². The Morgan fingerprint density at radius 3 is 2.38 bits per heavy atom. The molecule has 5 rings (SSSR count). The zero-order valence-corrected chi connectivity index (χ0v) is 17.0. The molecule has 158 valence electrons. The van der Waals surface area contributed by atoms with Gasteiger partial charge in [-0.05, 0) is 70.4 Å². The van der Waals surface area contributed by atoms with Crippen LogP contribution in [0, 0.1) is 0 Å². The van der Waals surface area contributed by atoms with Crippen molar-refractivity contribution in [2.45, 2.75) is 39.2 Å². The van der Waals surface area contributed by atoms with Crippen LogP contribution >= 0.6 is 0 Å². The first kappa shape index (κ1) is 10.0. The van der Waals surface area contributed by atoms with Gasteiger partial charge in [0, 0.05) is 31.0 Å². The first-order chi connectivity index (χ1) is 21.2. The molecule has 1 aromatic heterocycles. The highest BCUT2D eigenvalue weighted by atomic mass is 15.1. The van der Waals surface area contributed by atoms with Gasteiger partial charge in [0.2, 0.25) is 0 Å². The molecule has 3 heterocycles. The minimum Gasteiger partial charge on any atom is -0.367 e. The number of aliphatic imine (C=N–C) groups is 1. The van der Waals surface area contributed by atoms with Crippen LogP contribution in [0.25, 0.3) is 5.57 Å². The second-order valence-electron chi connectivity index (χ2n) is 7.46. The second-order valence-corrected chi connectivity index (χ2v) is 7.46. The number of rotatable bonds is 4. The molecule has 3 aromatic rings. The Kier molecular flexibility index (Phi) is 2.59. The number of pyridine rings is 1. The lowest BCUT2D eigenvalue weighted by molar-refractivity contribution is 0.828. The van der Waals surface area contributed by atoms with Gasteiger partial charge in [0.1, 0.15) is 5.84 Å². The fraction of sp³-hybridized carbons (Fsp3) is 0.214. The molecule has 4 heteroatoms. The van der Waals surface area contributed by atoms with Crippen molar-refractivity contribution < 1.29 is 19.2 Å². The smallest absolute Gasteiger partial charge is 0.331 e. The van der Waals surface area contributed by atoms with E-state index in [0.717, 1.165) is 18.2 Å². The minimum atomic E-state index is -3.52. The minimum absolute atomic E-state index is 0.266. The molecule has 2 aromatic carbocycles. The zero-order valence-electron chi connectivity index (χ0n) is 31.0. The van der Waals surface area contributed by atoms with Gasteiger partial charge in [0.05, 0.1) is 11.4 Å². The first-order valence-corrected chi connectivity index (χ1v) is 10.1. The van der Waals surface area contributed by atoms with Crippen LogP contribution in [0.5, 0.6) is 0 Å². The number of fused-ring (bicyclic) bond motifs is 2. The molecule has 2 aliphatic rings. The Morgan fingerprint density at radius 2 is 1.66 bits per heavy atom. The largest absolute Gasteiger partial charge is 0.367 e. The normalized spacial score (nSPS) is 23.6. The molecule has 2 aliphatic heterocycles. The van der Waals surface area contributed by atoms with Gasteiger partial charge < -0.3 is 4.81 Å². The number of nitrogens with zero attached hydrogens (tertiary/aromatic N) is 3. The summed E-state index contributed by atoms with van der Waals surface area (Å²) >= 11 is 0. The molecule has 0 aliphatic carbocycles. The van der Waals surface area contributed by atoms with Gasteiger partial charge in [-0.15, -0.1) is 0 Å². The predicted molar refractivity (Wildman–Crippen MR) is 136 cm³/mol. The molecule has 0 spiro atoms. The molecule has 0 saturated heterocycles. The summed E-state index contributed by atoms with van der Waals surface area (Å²) in [5, 5.41) is 0. The topological polar surface area (TPSA) is 28.5 Å². The number of amidine groups is 1. The molecule has 0 bridgehead atoms. The molecule has 32 heavy (non-hydrogen) atoms. The number of allylic oxidation sites excluding steroid dienone is 2. The average Bonchev–Trinajstić information content (AvgIpc) is 2.96. The van der Waals surface area contributed by atoms with Gasteiger partial charge in [-0.2, -0.15) is 0 Å². The highest BCUT2D eigenvalue weighted by molar-refractivity contribution is 6.87. The van der Waals surface area contributed by atoms with E-state index in [9.17, 15) is 2.74 Å². The van der Waals surface area contributed by atoms with Crippen molar-refractivity contribution in [3.05, 3.63) is 102 Å². The van der Waals surface area contributed by atoms with E-state index in [1.54, 1.807) is 67.0 Å². The molecule has 0 radical (unpaired) electrons. The summed E-state index contributed by atoms with van der Waals surface area (Å²) in [5.41, 5.74) is -0.0241. The van der Waals surface area contributed by atoms with Crippen LogP contribution in [0.4, 0.5) is 5.69 Å². The van der Waals surface area contributed by atoms with Crippen molar-refractivity contribution in [1.82, 2.24) is 9.79 Å². The zero-order chi connectivity index (χ0) is 34.1. The van der Waals surface area contributed by atoms with Crippen LogP contribution in [0.1, 0.15) is 75.2 Å². The van der Waals surface area contributed by atoms with Crippen LogP contribution in [-0.2, 0) is 0 Å². The van der Waals surface area contributed by atoms with E-state index in [4.69, 9.17) is 21.4 Å². The van der Waals surface area contributed by atoms with Gasteiger partial charge >= 0.3 is 6.85 Å². The molecular formula is C28H28BN3. The number of hydrogen-bond donors (Lipinski definition) is 0. The number of para-hydroxylation sites is 1. The molecule has 0 atom stereocenters. The summed E-state index contributed by atoms with van der Waals surface area (Å²) in [7, 11) is 0. The third-order valence-corrected chi connectivity index (χ3v) is 5.59. The van der Waals surface area contributed by atoms with E-state index in [0.29, 0.717) is 22.4 Å². The quantitative estimate of drug-likeness (QED) is 0.518. The monoisotopic (exact) mass is 431 g/mol. The van der Waals surface area contributed by atoms with E-state index in [-0.39, 0.29) is 5.84 Å². The van der Waals surface area contributed by atoms with Crippen molar-refractivity contribution in [1.29, 1.82) is 0 Å². The van der Waals surface area contributed by atoms with Gasteiger partial charge in [-0.25, -0.2) is 4.99 Å².